The first-order valence-corrected chi connectivity index (χ1v) is 6.09. The first-order chi connectivity index (χ1) is 8.65. The number of aliphatic hydroxyl groups excluding tert-OH is 1. The summed E-state index contributed by atoms with van der Waals surface area (Å²) in [5.74, 6) is 0.808. The van der Waals surface area contributed by atoms with Crippen molar-refractivity contribution in [1.29, 1.82) is 0 Å². The monoisotopic (exact) mass is 242 g/mol. The minimum absolute atomic E-state index is 0.271. The van der Waals surface area contributed by atoms with Gasteiger partial charge in [-0.05, 0) is 42.7 Å². The van der Waals surface area contributed by atoms with Gasteiger partial charge in [-0.3, -0.25) is 0 Å². The summed E-state index contributed by atoms with van der Waals surface area (Å²) in [4.78, 5) is 0. The standard InChI is InChI=1S/C16H18O2/c1-12-8-13(2)10-15(9-12)18-11-16(17)14-6-4-3-5-7-14/h3-10,16-17H,11H2,1-2H3. The third-order valence-corrected chi connectivity index (χ3v) is 2.79. The van der Waals surface area contributed by atoms with Gasteiger partial charge in [-0.25, -0.2) is 0 Å². The van der Waals surface area contributed by atoms with Crippen LogP contribution in [0.15, 0.2) is 48.5 Å². The molecule has 2 rings (SSSR count). The molecular weight excluding hydrogens is 224 g/mol. The van der Waals surface area contributed by atoms with E-state index in [1.807, 2.05) is 56.3 Å². The highest BCUT2D eigenvalue weighted by Gasteiger charge is 2.07. The van der Waals surface area contributed by atoms with Crippen LogP contribution in [0.4, 0.5) is 0 Å². The van der Waals surface area contributed by atoms with Crippen molar-refractivity contribution in [3.05, 3.63) is 65.2 Å². The summed E-state index contributed by atoms with van der Waals surface area (Å²) < 4.78 is 5.63. The Balaban J connectivity index is 1.99. The highest BCUT2D eigenvalue weighted by atomic mass is 16.5. The van der Waals surface area contributed by atoms with E-state index in [9.17, 15) is 5.11 Å². The van der Waals surface area contributed by atoms with Crippen LogP contribution in [0.25, 0.3) is 0 Å². The van der Waals surface area contributed by atoms with Crippen LogP contribution in [-0.2, 0) is 0 Å². The molecule has 0 amide bonds. The van der Waals surface area contributed by atoms with Gasteiger partial charge >= 0.3 is 0 Å². The Bertz CT molecular complexity index is 486. The van der Waals surface area contributed by atoms with Crippen molar-refractivity contribution in [3.8, 4) is 5.75 Å². The molecule has 1 atom stereocenters. The summed E-state index contributed by atoms with van der Waals surface area (Å²) in [5, 5.41) is 10.00. The maximum Gasteiger partial charge on any atom is 0.119 e. The van der Waals surface area contributed by atoms with E-state index in [-0.39, 0.29) is 6.61 Å². The average molecular weight is 242 g/mol. The zero-order chi connectivity index (χ0) is 13.0. The number of rotatable bonds is 4. The number of benzene rings is 2. The number of aliphatic hydroxyl groups is 1. The van der Waals surface area contributed by atoms with E-state index in [1.54, 1.807) is 0 Å². The summed E-state index contributed by atoms with van der Waals surface area (Å²) in [7, 11) is 0. The quantitative estimate of drug-likeness (QED) is 0.890. The van der Waals surface area contributed by atoms with Gasteiger partial charge in [0.25, 0.3) is 0 Å². The van der Waals surface area contributed by atoms with E-state index in [0.29, 0.717) is 0 Å². The van der Waals surface area contributed by atoms with Crippen molar-refractivity contribution in [2.75, 3.05) is 6.61 Å². The normalized spacial score (nSPS) is 12.2. The van der Waals surface area contributed by atoms with Crippen molar-refractivity contribution < 1.29 is 9.84 Å². The van der Waals surface area contributed by atoms with Crippen LogP contribution >= 0.6 is 0 Å². The van der Waals surface area contributed by atoms with Crippen LogP contribution < -0.4 is 4.74 Å². The maximum absolute atomic E-state index is 10.00. The molecule has 0 aliphatic heterocycles. The van der Waals surface area contributed by atoms with Gasteiger partial charge in [0, 0.05) is 0 Å². The number of aryl methyl sites for hydroxylation is 2. The lowest BCUT2D eigenvalue weighted by Crippen LogP contribution is -2.09. The Labute approximate surface area is 108 Å². The van der Waals surface area contributed by atoms with E-state index in [0.717, 1.165) is 11.3 Å². The number of ether oxygens (including phenoxy) is 1. The largest absolute Gasteiger partial charge is 0.491 e. The molecule has 0 aliphatic rings. The second-order valence-electron chi connectivity index (χ2n) is 4.56. The highest BCUT2D eigenvalue weighted by Crippen LogP contribution is 2.19. The predicted molar refractivity (Wildman–Crippen MR) is 72.8 cm³/mol. The predicted octanol–water partition coefficient (Wildman–Crippen LogP) is 3.42. The van der Waals surface area contributed by atoms with Gasteiger partial charge in [-0.15, -0.1) is 0 Å². The molecule has 0 spiro atoms. The Morgan fingerprint density at radius 2 is 1.61 bits per heavy atom. The number of hydrogen-bond acceptors (Lipinski definition) is 2. The van der Waals surface area contributed by atoms with Crippen LogP contribution in [0.2, 0.25) is 0 Å². The Morgan fingerprint density at radius 1 is 1.00 bits per heavy atom. The SMILES string of the molecule is Cc1cc(C)cc(OCC(O)c2ccccc2)c1. The van der Waals surface area contributed by atoms with Crippen molar-refractivity contribution in [3.63, 3.8) is 0 Å². The molecule has 2 aromatic rings. The molecule has 1 N–H and O–H groups in total. The smallest absolute Gasteiger partial charge is 0.119 e. The molecule has 0 fully saturated rings. The van der Waals surface area contributed by atoms with Crippen molar-refractivity contribution in [1.82, 2.24) is 0 Å². The van der Waals surface area contributed by atoms with Gasteiger partial charge in [0.05, 0.1) is 0 Å². The molecule has 2 heteroatoms. The van der Waals surface area contributed by atoms with E-state index in [4.69, 9.17) is 4.74 Å². The zero-order valence-corrected chi connectivity index (χ0v) is 10.8. The van der Waals surface area contributed by atoms with E-state index < -0.39 is 6.10 Å². The molecule has 18 heavy (non-hydrogen) atoms. The van der Waals surface area contributed by atoms with Gasteiger partial charge in [0.1, 0.15) is 18.5 Å². The van der Waals surface area contributed by atoms with E-state index in [1.165, 1.54) is 11.1 Å². The molecule has 0 bridgehead atoms. The molecule has 0 radical (unpaired) electrons. The Morgan fingerprint density at radius 3 is 2.22 bits per heavy atom. The van der Waals surface area contributed by atoms with Gasteiger partial charge in [-0.2, -0.15) is 0 Å². The third-order valence-electron chi connectivity index (χ3n) is 2.79. The topological polar surface area (TPSA) is 29.5 Å². The van der Waals surface area contributed by atoms with E-state index >= 15 is 0 Å². The third kappa shape index (κ3) is 3.34. The second-order valence-corrected chi connectivity index (χ2v) is 4.56. The number of hydrogen-bond donors (Lipinski definition) is 1. The molecule has 1 unspecified atom stereocenters. The molecule has 0 aliphatic carbocycles. The summed E-state index contributed by atoms with van der Waals surface area (Å²) >= 11 is 0. The minimum atomic E-state index is -0.591. The van der Waals surface area contributed by atoms with Crippen LogP contribution in [0, 0.1) is 13.8 Å². The molecule has 0 aromatic heterocycles. The van der Waals surface area contributed by atoms with Crippen LogP contribution in [0.3, 0.4) is 0 Å². The fraction of sp³-hybridized carbons (Fsp3) is 0.250. The molecule has 0 saturated heterocycles. The summed E-state index contributed by atoms with van der Waals surface area (Å²) in [6.07, 6.45) is -0.591. The van der Waals surface area contributed by atoms with Crippen LogP contribution in [0.5, 0.6) is 5.75 Å². The summed E-state index contributed by atoms with van der Waals surface area (Å²) in [6.45, 7) is 4.34. The molecule has 2 nitrogen and oxygen atoms in total. The first kappa shape index (κ1) is 12.7. The highest BCUT2D eigenvalue weighted by molar-refractivity contribution is 5.33. The lowest BCUT2D eigenvalue weighted by Gasteiger charge is -2.13. The molecule has 94 valence electrons. The Hall–Kier alpha value is -1.80. The summed E-state index contributed by atoms with van der Waals surface area (Å²) in [6, 6.07) is 15.6. The second kappa shape index (κ2) is 5.69. The first-order valence-electron chi connectivity index (χ1n) is 6.09. The van der Waals surface area contributed by atoms with Gasteiger partial charge < -0.3 is 9.84 Å². The Kier molecular flexibility index (Phi) is 4.00. The van der Waals surface area contributed by atoms with Gasteiger partial charge in [0.15, 0.2) is 0 Å². The van der Waals surface area contributed by atoms with Crippen molar-refractivity contribution >= 4 is 0 Å². The molecule has 0 heterocycles. The van der Waals surface area contributed by atoms with Crippen molar-refractivity contribution in [2.24, 2.45) is 0 Å². The minimum Gasteiger partial charge on any atom is -0.491 e. The fourth-order valence-electron chi connectivity index (χ4n) is 1.96. The molecular formula is C16H18O2. The average Bonchev–Trinajstić information content (AvgIpc) is 2.36. The molecule has 0 saturated carbocycles. The van der Waals surface area contributed by atoms with Gasteiger partial charge in [0.2, 0.25) is 0 Å². The van der Waals surface area contributed by atoms with E-state index in [2.05, 4.69) is 6.07 Å². The summed E-state index contributed by atoms with van der Waals surface area (Å²) in [5.41, 5.74) is 3.21. The van der Waals surface area contributed by atoms with Crippen LogP contribution in [0.1, 0.15) is 22.8 Å². The fourth-order valence-corrected chi connectivity index (χ4v) is 1.96. The van der Waals surface area contributed by atoms with Crippen molar-refractivity contribution in [2.45, 2.75) is 20.0 Å². The zero-order valence-electron chi connectivity index (χ0n) is 10.8. The van der Waals surface area contributed by atoms with Crippen LogP contribution in [-0.4, -0.2) is 11.7 Å². The lowest BCUT2D eigenvalue weighted by molar-refractivity contribution is 0.108. The lowest BCUT2D eigenvalue weighted by atomic mass is 10.1. The van der Waals surface area contributed by atoms with Gasteiger partial charge in [-0.1, -0.05) is 36.4 Å². The molecule has 2 aromatic carbocycles. The maximum atomic E-state index is 10.00.